The van der Waals surface area contributed by atoms with Crippen LogP contribution < -0.4 is 10.1 Å². The quantitative estimate of drug-likeness (QED) is 0.715. The Hall–Kier alpha value is -2.66. The van der Waals surface area contributed by atoms with Gasteiger partial charge in [0.2, 0.25) is 0 Å². The van der Waals surface area contributed by atoms with Crippen LogP contribution in [0, 0.1) is 0 Å². The lowest BCUT2D eigenvalue weighted by Gasteiger charge is -2.35. The lowest BCUT2D eigenvalue weighted by molar-refractivity contribution is -0.123. The topological polar surface area (TPSA) is 58.6 Å². The molecular weight excluding hydrogens is 352 g/mol. The predicted molar refractivity (Wildman–Crippen MR) is 110 cm³/mol. The fourth-order valence-corrected chi connectivity index (χ4v) is 3.60. The maximum absolute atomic E-state index is 12.2. The molecule has 0 saturated carbocycles. The molecule has 1 atom stereocenters. The Morgan fingerprint density at radius 3 is 2.68 bits per heavy atom. The highest BCUT2D eigenvalue weighted by molar-refractivity contribution is 5.94. The second-order valence-electron chi connectivity index (χ2n) is 7.23. The molecule has 1 heterocycles. The van der Waals surface area contributed by atoms with Crippen LogP contribution in [0.15, 0.2) is 48.5 Å². The number of rotatable bonds is 8. The molecule has 148 valence electrons. The highest BCUT2D eigenvalue weighted by atomic mass is 16.5. The van der Waals surface area contributed by atoms with E-state index >= 15 is 0 Å². The summed E-state index contributed by atoms with van der Waals surface area (Å²) in [7, 11) is 0. The van der Waals surface area contributed by atoms with Crippen molar-refractivity contribution in [3.63, 3.8) is 0 Å². The molecule has 5 heteroatoms. The van der Waals surface area contributed by atoms with Crippen molar-refractivity contribution in [2.75, 3.05) is 19.7 Å². The second-order valence-corrected chi connectivity index (χ2v) is 7.23. The normalized spacial score (nSPS) is 14.8. The molecule has 0 saturated heterocycles. The van der Waals surface area contributed by atoms with Crippen molar-refractivity contribution >= 4 is 11.7 Å². The van der Waals surface area contributed by atoms with E-state index in [1.165, 1.54) is 18.1 Å². The van der Waals surface area contributed by atoms with Crippen LogP contribution in [0.4, 0.5) is 0 Å². The summed E-state index contributed by atoms with van der Waals surface area (Å²) < 4.78 is 5.54. The molecule has 0 spiro atoms. The van der Waals surface area contributed by atoms with E-state index in [0.29, 0.717) is 23.9 Å². The van der Waals surface area contributed by atoms with E-state index in [1.54, 1.807) is 24.3 Å². The average Bonchev–Trinajstić information content (AvgIpc) is 2.72. The van der Waals surface area contributed by atoms with E-state index in [0.717, 1.165) is 25.9 Å². The smallest absolute Gasteiger partial charge is 0.257 e. The molecule has 5 nitrogen and oxygen atoms in total. The number of hydrogen-bond acceptors (Lipinski definition) is 4. The summed E-state index contributed by atoms with van der Waals surface area (Å²) in [5, 5.41) is 2.99. The number of nitrogens with zero attached hydrogens (tertiary/aromatic N) is 1. The standard InChI is InChI=1S/C23H28N2O3/c1-3-21(25-12-11-18-7-4-5-8-20(18)15-25)14-24-23(27)16-28-22-10-6-9-19(13-22)17(2)26/h4-10,13,21H,3,11-12,14-16H2,1-2H3,(H,24,27). The van der Waals surface area contributed by atoms with E-state index < -0.39 is 0 Å². The maximum Gasteiger partial charge on any atom is 0.257 e. The van der Waals surface area contributed by atoms with Crippen LogP contribution in [0.25, 0.3) is 0 Å². The third-order valence-electron chi connectivity index (χ3n) is 5.29. The molecule has 1 unspecified atom stereocenters. The van der Waals surface area contributed by atoms with Crippen molar-refractivity contribution in [2.24, 2.45) is 0 Å². The molecule has 0 radical (unpaired) electrons. The van der Waals surface area contributed by atoms with Crippen molar-refractivity contribution in [1.29, 1.82) is 0 Å². The third kappa shape index (κ3) is 5.20. The molecule has 0 aliphatic carbocycles. The van der Waals surface area contributed by atoms with E-state index in [4.69, 9.17) is 4.74 Å². The Morgan fingerprint density at radius 1 is 1.14 bits per heavy atom. The highest BCUT2D eigenvalue weighted by Crippen LogP contribution is 2.21. The number of carbonyl (C=O) groups is 2. The van der Waals surface area contributed by atoms with Crippen molar-refractivity contribution in [3.05, 3.63) is 65.2 Å². The minimum atomic E-state index is -0.149. The van der Waals surface area contributed by atoms with Crippen molar-refractivity contribution in [3.8, 4) is 5.75 Å². The van der Waals surface area contributed by atoms with Gasteiger partial charge in [0.25, 0.3) is 5.91 Å². The Balaban J connectivity index is 1.48. The molecule has 3 rings (SSSR count). The second kappa shape index (κ2) is 9.51. The van der Waals surface area contributed by atoms with Crippen molar-refractivity contribution < 1.29 is 14.3 Å². The Bertz CT molecular complexity index is 834. The summed E-state index contributed by atoms with van der Waals surface area (Å²) in [6, 6.07) is 15.8. The van der Waals surface area contributed by atoms with Gasteiger partial charge < -0.3 is 10.1 Å². The number of benzene rings is 2. The van der Waals surface area contributed by atoms with E-state index in [9.17, 15) is 9.59 Å². The first kappa shape index (κ1) is 20.1. The minimum absolute atomic E-state index is 0.0243. The number of fused-ring (bicyclic) bond motifs is 1. The fourth-order valence-electron chi connectivity index (χ4n) is 3.60. The fraction of sp³-hybridized carbons (Fsp3) is 0.391. The van der Waals surface area contributed by atoms with Crippen LogP contribution in [0.3, 0.4) is 0 Å². The van der Waals surface area contributed by atoms with Gasteiger partial charge in [-0.2, -0.15) is 0 Å². The van der Waals surface area contributed by atoms with Gasteiger partial charge in [0, 0.05) is 31.2 Å². The van der Waals surface area contributed by atoms with Crippen LogP contribution >= 0.6 is 0 Å². The number of amides is 1. The largest absolute Gasteiger partial charge is 0.484 e. The molecule has 28 heavy (non-hydrogen) atoms. The summed E-state index contributed by atoms with van der Waals surface area (Å²) in [4.78, 5) is 26.1. The van der Waals surface area contributed by atoms with Gasteiger partial charge in [0.15, 0.2) is 12.4 Å². The lowest BCUT2D eigenvalue weighted by Crippen LogP contribution is -2.46. The van der Waals surface area contributed by atoms with Gasteiger partial charge >= 0.3 is 0 Å². The molecule has 1 aliphatic heterocycles. The van der Waals surface area contributed by atoms with Gasteiger partial charge in [0.1, 0.15) is 5.75 Å². The number of carbonyl (C=O) groups excluding carboxylic acids is 2. The van der Waals surface area contributed by atoms with Crippen LogP contribution in [-0.2, 0) is 17.8 Å². The number of ether oxygens (including phenoxy) is 1. The number of Topliss-reactive ketones (excluding diaryl/α,β-unsaturated/α-hetero) is 1. The van der Waals surface area contributed by atoms with Crippen LogP contribution in [0.5, 0.6) is 5.75 Å². The van der Waals surface area contributed by atoms with Gasteiger partial charge in [-0.05, 0) is 43.0 Å². The zero-order valence-corrected chi connectivity index (χ0v) is 16.6. The average molecular weight is 380 g/mol. The van der Waals surface area contributed by atoms with E-state index in [1.807, 2.05) is 0 Å². The van der Waals surface area contributed by atoms with Gasteiger partial charge in [0.05, 0.1) is 0 Å². The summed E-state index contributed by atoms with van der Waals surface area (Å²) in [6.07, 6.45) is 2.03. The summed E-state index contributed by atoms with van der Waals surface area (Å²) in [5.41, 5.74) is 3.39. The number of hydrogen-bond donors (Lipinski definition) is 1. The summed E-state index contributed by atoms with van der Waals surface area (Å²) in [5.74, 6) is 0.357. The lowest BCUT2D eigenvalue weighted by atomic mass is 9.98. The molecular formula is C23H28N2O3. The maximum atomic E-state index is 12.2. The zero-order valence-electron chi connectivity index (χ0n) is 16.6. The first-order valence-electron chi connectivity index (χ1n) is 9.88. The summed E-state index contributed by atoms with van der Waals surface area (Å²) >= 11 is 0. The molecule has 1 amide bonds. The number of ketones is 1. The molecule has 1 aliphatic rings. The Kier molecular flexibility index (Phi) is 6.82. The first-order chi connectivity index (χ1) is 13.6. The third-order valence-corrected chi connectivity index (χ3v) is 5.29. The molecule has 2 aromatic rings. The van der Waals surface area contributed by atoms with Crippen molar-refractivity contribution in [2.45, 2.75) is 39.3 Å². The monoisotopic (exact) mass is 380 g/mol. The van der Waals surface area contributed by atoms with Gasteiger partial charge in [-0.15, -0.1) is 0 Å². The van der Waals surface area contributed by atoms with Crippen LogP contribution in [-0.4, -0.2) is 42.3 Å². The highest BCUT2D eigenvalue weighted by Gasteiger charge is 2.22. The molecule has 1 N–H and O–H groups in total. The van der Waals surface area contributed by atoms with E-state index in [-0.39, 0.29) is 18.3 Å². The van der Waals surface area contributed by atoms with Gasteiger partial charge in [-0.3, -0.25) is 14.5 Å². The first-order valence-corrected chi connectivity index (χ1v) is 9.88. The predicted octanol–water partition coefficient (Wildman–Crippen LogP) is 3.22. The molecule has 0 bridgehead atoms. The van der Waals surface area contributed by atoms with Crippen LogP contribution in [0.1, 0.15) is 41.8 Å². The van der Waals surface area contributed by atoms with Gasteiger partial charge in [-0.1, -0.05) is 43.3 Å². The zero-order chi connectivity index (χ0) is 19.9. The van der Waals surface area contributed by atoms with Gasteiger partial charge in [-0.25, -0.2) is 0 Å². The van der Waals surface area contributed by atoms with Crippen LogP contribution in [0.2, 0.25) is 0 Å². The Labute approximate surface area is 166 Å². The Morgan fingerprint density at radius 2 is 1.93 bits per heavy atom. The summed E-state index contributed by atoms with van der Waals surface area (Å²) in [6.45, 7) is 6.16. The molecule has 0 fully saturated rings. The molecule has 2 aromatic carbocycles. The molecule has 0 aromatic heterocycles. The van der Waals surface area contributed by atoms with E-state index in [2.05, 4.69) is 41.4 Å². The van der Waals surface area contributed by atoms with Crippen molar-refractivity contribution in [1.82, 2.24) is 10.2 Å². The SMILES string of the molecule is CCC(CNC(=O)COc1cccc(C(C)=O)c1)N1CCc2ccccc2C1. The number of nitrogens with one attached hydrogen (secondary N) is 1. The minimum Gasteiger partial charge on any atom is -0.484 e.